The number of hydrogen-bond acceptors (Lipinski definition) is 4. The molecule has 0 bridgehead atoms. The summed E-state index contributed by atoms with van der Waals surface area (Å²) in [5, 5.41) is 14.6. The number of benzene rings is 1. The van der Waals surface area contributed by atoms with Crippen molar-refractivity contribution in [2.45, 2.75) is 0 Å². The Kier molecular flexibility index (Phi) is 4.65. The van der Waals surface area contributed by atoms with Crippen LogP contribution >= 0.6 is 0 Å². The molecule has 1 fully saturated rings. The van der Waals surface area contributed by atoms with E-state index >= 15 is 0 Å². The van der Waals surface area contributed by atoms with E-state index in [0.717, 1.165) is 31.8 Å². The number of hydrogen-bond donors (Lipinski definition) is 1. The Morgan fingerprint density at radius 1 is 1.15 bits per heavy atom. The van der Waals surface area contributed by atoms with E-state index in [-0.39, 0.29) is 4.48 Å². The Hall–Kier alpha value is -2.74. The van der Waals surface area contributed by atoms with Gasteiger partial charge in [0.05, 0.1) is 5.57 Å². The Morgan fingerprint density at radius 2 is 1.89 bits per heavy atom. The van der Waals surface area contributed by atoms with Crippen LogP contribution in [0.3, 0.4) is 0 Å². The van der Waals surface area contributed by atoms with Crippen molar-refractivity contribution in [2.24, 2.45) is 0 Å². The highest BCUT2D eigenvalue weighted by Gasteiger charge is 2.49. The zero-order valence-corrected chi connectivity index (χ0v) is 15.4. The topological polar surface area (TPSA) is 61.6 Å². The van der Waals surface area contributed by atoms with Crippen LogP contribution in [-0.4, -0.2) is 70.6 Å². The molecule has 4 rings (SSSR count). The number of para-hydroxylation sites is 1. The molecule has 2 aliphatic heterocycles. The Labute approximate surface area is 158 Å². The van der Waals surface area contributed by atoms with Gasteiger partial charge in [0.15, 0.2) is 5.69 Å². The molecule has 2 aliphatic rings. The second-order valence-corrected chi connectivity index (χ2v) is 7.04. The maximum Gasteiger partial charge on any atom is 0.530 e. The Bertz CT molecular complexity index is 867. The zero-order valence-electron chi connectivity index (χ0n) is 15.4. The van der Waals surface area contributed by atoms with Gasteiger partial charge in [0.2, 0.25) is 0 Å². The highest BCUT2D eigenvalue weighted by molar-refractivity contribution is 5.96. The van der Waals surface area contributed by atoms with Gasteiger partial charge in [-0.2, -0.15) is 14.6 Å². The average molecular weight is 366 g/mol. The van der Waals surface area contributed by atoms with Crippen molar-refractivity contribution in [1.82, 2.24) is 24.1 Å². The van der Waals surface area contributed by atoms with Crippen molar-refractivity contribution in [2.75, 3.05) is 39.8 Å². The minimum atomic E-state index is -0.948. The smallest absolute Gasteiger partial charge is 0.434 e. The van der Waals surface area contributed by atoms with Gasteiger partial charge in [-0.25, -0.2) is 0 Å². The van der Waals surface area contributed by atoms with Crippen molar-refractivity contribution < 1.29 is 9.90 Å². The number of carboxylic acid groups (broad SMARTS) is 1. The van der Waals surface area contributed by atoms with E-state index in [9.17, 15) is 9.90 Å². The second-order valence-electron chi connectivity index (χ2n) is 7.04. The maximum atomic E-state index is 12.5. The number of rotatable bonds is 4. The van der Waals surface area contributed by atoms with Crippen molar-refractivity contribution >= 4 is 17.6 Å². The number of aromatic nitrogens is 2. The third-order valence-corrected chi connectivity index (χ3v) is 5.30. The molecule has 27 heavy (non-hydrogen) atoms. The van der Waals surface area contributed by atoms with Gasteiger partial charge in [-0.1, -0.05) is 18.2 Å². The monoisotopic (exact) mass is 366 g/mol. The highest BCUT2D eigenvalue weighted by Crippen LogP contribution is 2.39. The van der Waals surface area contributed by atoms with E-state index in [1.807, 2.05) is 48.7 Å². The number of piperazine rings is 1. The summed E-state index contributed by atoms with van der Waals surface area (Å²) in [5.74, 6) is 0.651. The summed E-state index contributed by atoms with van der Waals surface area (Å²) in [6, 6.07) is 11.1. The molecule has 0 aliphatic carbocycles. The molecule has 7 nitrogen and oxygen atoms in total. The summed E-state index contributed by atoms with van der Waals surface area (Å²) >= 11 is 0. The van der Waals surface area contributed by atoms with E-state index < -0.39 is 6.09 Å². The molecule has 0 saturated carbocycles. The molecule has 0 spiro atoms. The number of quaternary nitrogens is 1. The summed E-state index contributed by atoms with van der Waals surface area (Å²) in [4.78, 5) is 17.2. The summed E-state index contributed by atoms with van der Waals surface area (Å²) in [6.45, 7) is 4.69. The fourth-order valence-electron chi connectivity index (χ4n) is 3.78. The summed E-state index contributed by atoms with van der Waals surface area (Å²) < 4.78 is 1.30. The van der Waals surface area contributed by atoms with Gasteiger partial charge < -0.3 is 10.0 Å². The van der Waals surface area contributed by atoms with Crippen LogP contribution in [0.2, 0.25) is 0 Å². The van der Waals surface area contributed by atoms with Crippen molar-refractivity contribution in [3.63, 3.8) is 0 Å². The molecule has 0 radical (unpaired) electrons. The summed E-state index contributed by atoms with van der Waals surface area (Å²) in [6.07, 6.45) is 6.23. The van der Waals surface area contributed by atoms with Crippen LogP contribution in [0.15, 0.2) is 66.6 Å². The molecule has 140 valence electrons. The minimum absolute atomic E-state index is 0.383. The van der Waals surface area contributed by atoms with Gasteiger partial charge in [-0.05, 0) is 13.1 Å². The third kappa shape index (κ3) is 3.10. The summed E-state index contributed by atoms with van der Waals surface area (Å²) in [5.41, 5.74) is 1.66. The minimum Gasteiger partial charge on any atom is -0.434 e. The number of carbonyl (C=O) groups is 1. The van der Waals surface area contributed by atoms with Gasteiger partial charge in [-0.3, -0.25) is 4.90 Å². The lowest BCUT2D eigenvalue weighted by Crippen LogP contribution is -2.48. The van der Waals surface area contributed by atoms with Crippen molar-refractivity contribution in [3.8, 4) is 0 Å². The molecule has 1 aromatic heterocycles. The predicted molar refractivity (Wildman–Crippen MR) is 105 cm³/mol. The van der Waals surface area contributed by atoms with Crippen LogP contribution in [0.5, 0.6) is 0 Å². The van der Waals surface area contributed by atoms with E-state index in [4.69, 9.17) is 0 Å². The molecule has 1 atom stereocenters. The van der Waals surface area contributed by atoms with Crippen LogP contribution in [0.25, 0.3) is 5.82 Å². The first-order valence-electron chi connectivity index (χ1n) is 9.13. The van der Waals surface area contributed by atoms with Crippen LogP contribution < -0.4 is 4.48 Å². The fraction of sp³-hybridized carbons (Fsp3) is 0.300. The Balaban J connectivity index is 1.79. The molecule has 2 aromatic rings. The van der Waals surface area contributed by atoms with E-state index in [0.29, 0.717) is 18.1 Å². The van der Waals surface area contributed by atoms with Gasteiger partial charge >= 0.3 is 6.09 Å². The van der Waals surface area contributed by atoms with E-state index in [1.165, 1.54) is 0 Å². The Morgan fingerprint density at radius 3 is 2.52 bits per heavy atom. The lowest BCUT2D eigenvalue weighted by molar-refractivity contribution is 0.164. The molecule has 1 unspecified atom stereocenters. The molecule has 1 aromatic carbocycles. The highest BCUT2D eigenvalue weighted by atomic mass is 16.4. The normalized spacial score (nSPS) is 23.9. The second kappa shape index (κ2) is 7.11. The van der Waals surface area contributed by atoms with Crippen LogP contribution in [0, 0.1) is 0 Å². The van der Waals surface area contributed by atoms with Gasteiger partial charge in [0, 0.05) is 63.3 Å². The average Bonchev–Trinajstić information content (AvgIpc) is 3.32. The van der Waals surface area contributed by atoms with Crippen LogP contribution in [0.4, 0.5) is 10.5 Å². The predicted octanol–water partition coefficient (Wildman–Crippen LogP) is 2.51. The summed E-state index contributed by atoms with van der Waals surface area (Å²) in [7, 11) is 2.13. The van der Waals surface area contributed by atoms with Crippen LogP contribution in [0.1, 0.15) is 0 Å². The van der Waals surface area contributed by atoms with Gasteiger partial charge in [0.1, 0.15) is 6.20 Å². The molecule has 1 saturated heterocycles. The first kappa shape index (κ1) is 17.7. The standard InChI is InChI=1S/C20H23N5O2/c1-22-11-13-23(14-12-22)16-17-8-15-25(20(26)27,18-6-3-2-4-7-18)19(17)24-10-5-9-21-24/h2-10,15H,11-14,16H2,1H3/p+1. The van der Waals surface area contributed by atoms with Gasteiger partial charge in [0.25, 0.3) is 5.82 Å². The largest absolute Gasteiger partial charge is 0.530 e. The SMILES string of the molecule is CN1CCN(CC2=C(n3cccn3)[N+](C(=O)O)(c3ccccc3)C=C2)CC1. The number of likely N-dealkylation sites (N-methyl/N-ethyl adjacent to an activating group) is 1. The molecule has 1 amide bonds. The maximum absolute atomic E-state index is 12.5. The van der Waals surface area contributed by atoms with Gasteiger partial charge in [-0.15, -0.1) is 4.48 Å². The molecule has 3 heterocycles. The molecule has 7 heteroatoms. The van der Waals surface area contributed by atoms with E-state index in [1.54, 1.807) is 17.1 Å². The lowest BCUT2D eigenvalue weighted by atomic mass is 10.2. The van der Waals surface area contributed by atoms with Crippen LogP contribution in [-0.2, 0) is 0 Å². The fourth-order valence-corrected chi connectivity index (χ4v) is 3.78. The van der Waals surface area contributed by atoms with Crippen molar-refractivity contribution in [1.29, 1.82) is 0 Å². The van der Waals surface area contributed by atoms with E-state index in [2.05, 4.69) is 21.9 Å². The molecular formula is C20H24N5O2+. The molecule has 1 N–H and O–H groups in total. The quantitative estimate of drug-likeness (QED) is 0.843. The lowest BCUT2D eigenvalue weighted by Gasteiger charge is -2.33. The first-order chi connectivity index (χ1) is 13.1. The molecular weight excluding hydrogens is 342 g/mol. The first-order valence-corrected chi connectivity index (χ1v) is 9.13. The third-order valence-electron chi connectivity index (χ3n) is 5.30. The number of nitrogens with zero attached hydrogens (tertiary/aromatic N) is 5. The number of amides is 1. The van der Waals surface area contributed by atoms with Crippen molar-refractivity contribution in [3.05, 3.63) is 66.6 Å². The zero-order chi connectivity index (χ0) is 18.9.